The van der Waals surface area contributed by atoms with Crippen molar-refractivity contribution in [1.29, 1.82) is 5.26 Å². The summed E-state index contributed by atoms with van der Waals surface area (Å²) in [4.78, 5) is 7.80. The molecular formula is C24H17BrClN3O. The summed E-state index contributed by atoms with van der Waals surface area (Å²) in [5, 5.41) is 10.5. The Bertz CT molecular complexity index is 1290. The first-order valence-electron chi connectivity index (χ1n) is 9.27. The van der Waals surface area contributed by atoms with Crippen molar-refractivity contribution in [3.8, 4) is 11.8 Å². The van der Waals surface area contributed by atoms with Crippen molar-refractivity contribution in [3.63, 3.8) is 0 Å². The number of rotatable bonds is 5. The highest BCUT2D eigenvalue weighted by Crippen LogP contribution is 2.29. The van der Waals surface area contributed by atoms with Crippen LogP contribution in [0.1, 0.15) is 22.5 Å². The van der Waals surface area contributed by atoms with Gasteiger partial charge in [-0.1, -0.05) is 45.7 Å². The van der Waals surface area contributed by atoms with E-state index in [0.29, 0.717) is 28.8 Å². The van der Waals surface area contributed by atoms with E-state index in [4.69, 9.17) is 16.3 Å². The van der Waals surface area contributed by atoms with Gasteiger partial charge >= 0.3 is 0 Å². The van der Waals surface area contributed by atoms with E-state index < -0.39 is 0 Å². The SMILES string of the molecule is Cc1ccc2nc(C(C#N)=Cc3cc(Br)ccc3OCc3ccc(Cl)cc3)[nH]c2c1. The molecule has 1 aromatic heterocycles. The van der Waals surface area contributed by atoms with E-state index in [1.165, 1.54) is 0 Å². The van der Waals surface area contributed by atoms with Crippen LogP contribution < -0.4 is 4.74 Å². The molecule has 1 N–H and O–H groups in total. The number of ether oxygens (including phenoxy) is 1. The molecule has 4 nitrogen and oxygen atoms in total. The number of hydrogen-bond donors (Lipinski definition) is 1. The van der Waals surface area contributed by atoms with Crippen LogP contribution in [0.15, 0.2) is 65.1 Å². The number of aromatic nitrogens is 2. The minimum Gasteiger partial charge on any atom is -0.488 e. The van der Waals surface area contributed by atoms with Crippen molar-refractivity contribution in [1.82, 2.24) is 9.97 Å². The van der Waals surface area contributed by atoms with Gasteiger partial charge < -0.3 is 9.72 Å². The van der Waals surface area contributed by atoms with Crippen LogP contribution in [-0.4, -0.2) is 9.97 Å². The Labute approximate surface area is 187 Å². The third-order valence-corrected chi connectivity index (χ3v) is 5.34. The van der Waals surface area contributed by atoms with Crippen LogP contribution in [0.3, 0.4) is 0 Å². The van der Waals surface area contributed by atoms with Crippen LogP contribution in [0.25, 0.3) is 22.7 Å². The van der Waals surface area contributed by atoms with Crippen LogP contribution >= 0.6 is 27.5 Å². The Morgan fingerprint density at radius 2 is 1.97 bits per heavy atom. The summed E-state index contributed by atoms with van der Waals surface area (Å²) in [5.74, 6) is 1.20. The minimum atomic E-state index is 0.394. The fourth-order valence-corrected chi connectivity index (χ4v) is 3.57. The fraction of sp³-hybridized carbons (Fsp3) is 0.0833. The molecule has 148 valence electrons. The number of halogens is 2. The summed E-state index contributed by atoms with van der Waals surface area (Å²) in [7, 11) is 0. The van der Waals surface area contributed by atoms with Crippen LogP contribution in [-0.2, 0) is 6.61 Å². The number of imidazole rings is 1. The predicted molar refractivity (Wildman–Crippen MR) is 124 cm³/mol. The van der Waals surface area contributed by atoms with Gasteiger partial charge in [0.2, 0.25) is 0 Å². The molecule has 0 amide bonds. The highest BCUT2D eigenvalue weighted by molar-refractivity contribution is 9.10. The second-order valence-electron chi connectivity index (χ2n) is 6.87. The normalized spacial score (nSPS) is 11.5. The van der Waals surface area contributed by atoms with Gasteiger partial charge in [0.05, 0.1) is 16.6 Å². The molecule has 0 fully saturated rings. The van der Waals surface area contributed by atoms with E-state index >= 15 is 0 Å². The summed E-state index contributed by atoms with van der Waals surface area (Å²) < 4.78 is 6.92. The van der Waals surface area contributed by atoms with Crippen molar-refractivity contribution in [2.45, 2.75) is 13.5 Å². The summed E-state index contributed by atoms with van der Waals surface area (Å²) in [6.45, 7) is 2.41. The number of nitrogens with one attached hydrogen (secondary N) is 1. The average Bonchev–Trinajstić information content (AvgIpc) is 3.15. The molecule has 0 spiro atoms. The maximum atomic E-state index is 9.77. The minimum absolute atomic E-state index is 0.394. The molecule has 0 radical (unpaired) electrons. The predicted octanol–water partition coefficient (Wildman–Crippen LogP) is 6.93. The maximum Gasteiger partial charge on any atom is 0.149 e. The molecule has 1 heterocycles. The van der Waals surface area contributed by atoms with E-state index in [0.717, 1.165) is 32.2 Å². The summed E-state index contributed by atoms with van der Waals surface area (Å²) >= 11 is 9.45. The molecule has 3 aromatic carbocycles. The largest absolute Gasteiger partial charge is 0.488 e. The summed E-state index contributed by atoms with van der Waals surface area (Å²) in [5.41, 5.74) is 5.07. The second kappa shape index (κ2) is 8.74. The van der Waals surface area contributed by atoms with Crippen LogP contribution in [0.2, 0.25) is 5.02 Å². The van der Waals surface area contributed by atoms with Crippen molar-refractivity contribution >= 4 is 50.2 Å². The number of nitriles is 1. The number of fused-ring (bicyclic) bond motifs is 1. The van der Waals surface area contributed by atoms with Crippen LogP contribution in [0.4, 0.5) is 0 Å². The number of benzene rings is 3. The van der Waals surface area contributed by atoms with Crippen LogP contribution in [0.5, 0.6) is 5.75 Å². The van der Waals surface area contributed by atoms with Crippen LogP contribution in [0, 0.1) is 18.3 Å². The molecule has 4 rings (SSSR count). The molecule has 0 bridgehead atoms. The number of aromatic amines is 1. The van der Waals surface area contributed by atoms with Gasteiger partial charge in [-0.3, -0.25) is 0 Å². The second-order valence-corrected chi connectivity index (χ2v) is 8.23. The topological polar surface area (TPSA) is 61.7 Å². The van der Waals surface area contributed by atoms with Gasteiger partial charge in [0.1, 0.15) is 24.3 Å². The number of aryl methyl sites for hydroxylation is 1. The van der Waals surface area contributed by atoms with E-state index in [2.05, 4.69) is 32.0 Å². The smallest absolute Gasteiger partial charge is 0.149 e. The first-order chi connectivity index (χ1) is 14.5. The lowest BCUT2D eigenvalue weighted by Gasteiger charge is -2.10. The fourth-order valence-electron chi connectivity index (χ4n) is 3.07. The van der Waals surface area contributed by atoms with E-state index in [-0.39, 0.29) is 0 Å². The van der Waals surface area contributed by atoms with Crippen molar-refractivity contribution in [2.24, 2.45) is 0 Å². The third-order valence-electron chi connectivity index (χ3n) is 4.59. The average molecular weight is 479 g/mol. The molecule has 30 heavy (non-hydrogen) atoms. The van der Waals surface area contributed by atoms with Gasteiger partial charge in [0.25, 0.3) is 0 Å². The highest BCUT2D eigenvalue weighted by atomic mass is 79.9. The molecule has 0 aliphatic rings. The van der Waals surface area contributed by atoms with Crippen molar-refractivity contribution in [3.05, 3.63) is 92.7 Å². The molecule has 0 atom stereocenters. The number of hydrogen-bond acceptors (Lipinski definition) is 3. The maximum absolute atomic E-state index is 9.77. The monoisotopic (exact) mass is 477 g/mol. The summed E-state index contributed by atoms with van der Waals surface area (Å²) in [6.07, 6.45) is 1.78. The zero-order chi connectivity index (χ0) is 21.1. The van der Waals surface area contributed by atoms with Gasteiger partial charge in [-0.05, 0) is 66.6 Å². The lowest BCUT2D eigenvalue weighted by Crippen LogP contribution is -1.97. The third kappa shape index (κ3) is 4.56. The number of nitrogens with zero attached hydrogens (tertiary/aromatic N) is 2. The molecule has 0 unspecified atom stereocenters. The van der Waals surface area contributed by atoms with E-state index in [1.54, 1.807) is 6.08 Å². The Hall–Kier alpha value is -3.07. The zero-order valence-corrected chi connectivity index (χ0v) is 18.5. The molecule has 4 aromatic rings. The summed E-state index contributed by atoms with van der Waals surface area (Å²) in [6, 6.07) is 21.4. The lowest BCUT2D eigenvalue weighted by molar-refractivity contribution is 0.305. The molecule has 0 aliphatic heterocycles. The Balaban J connectivity index is 1.67. The number of H-pyrrole nitrogens is 1. The lowest BCUT2D eigenvalue weighted by atomic mass is 10.1. The molecule has 0 saturated heterocycles. The molecule has 0 saturated carbocycles. The Morgan fingerprint density at radius 1 is 1.17 bits per heavy atom. The first kappa shape index (κ1) is 20.2. The number of allylic oxidation sites excluding steroid dienone is 1. The van der Waals surface area contributed by atoms with Gasteiger partial charge in [-0.2, -0.15) is 5.26 Å². The Kier molecular flexibility index (Phi) is 5.89. The van der Waals surface area contributed by atoms with Crippen molar-refractivity contribution < 1.29 is 4.74 Å². The Morgan fingerprint density at radius 3 is 2.73 bits per heavy atom. The zero-order valence-electron chi connectivity index (χ0n) is 16.1. The van der Waals surface area contributed by atoms with Gasteiger partial charge in [0, 0.05) is 15.1 Å². The van der Waals surface area contributed by atoms with E-state index in [1.807, 2.05) is 67.6 Å². The van der Waals surface area contributed by atoms with Gasteiger partial charge in [-0.15, -0.1) is 0 Å². The highest BCUT2D eigenvalue weighted by Gasteiger charge is 2.11. The quantitative estimate of drug-likeness (QED) is 0.316. The van der Waals surface area contributed by atoms with Gasteiger partial charge in [0.15, 0.2) is 0 Å². The molecular weight excluding hydrogens is 462 g/mol. The molecule has 6 heteroatoms. The van der Waals surface area contributed by atoms with Gasteiger partial charge in [-0.25, -0.2) is 4.98 Å². The molecule has 0 aliphatic carbocycles. The first-order valence-corrected chi connectivity index (χ1v) is 10.4. The van der Waals surface area contributed by atoms with Crippen molar-refractivity contribution in [2.75, 3.05) is 0 Å². The standard InChI is InChI=1S/C24H17BrClN3O/c1-15-2-8-21-22(10-15)29-24(28-21)18(13-27)11-17-12-19(25)5-9-23(17)30-14-16-3-6-20(26)7-4-16/h2-12H,14H2,1H3,(H,28,29). The van der Waals surface area contributed by atoms with E-state index in [9.17, 15) is 5.26 Å².